The lowest BCUT2D eigenvalue weighted by molar-refractivity contribution is 0.277. The molecule has 0 aliphatic carbocycles. The summed E-state index contributed by atoms with van der Waals surface area (Å²) in [5.41, 5.74) is 0. The maximum Gasteiger partial charge on any atom is 0.0411 e. The molecule has 0 fully saturated rings. The zero-order chi connectivity index (χ0) is 9.91. The Labute approximate surface area is 76.4 Å². The minimum atomic E-state index is -0.611. The summed E-state index contributed by atoms with van der Waals surface area (Å²) < 4.78 is 4.25. The van der Waals surface area contributed by atoms with Gasteiger partial charge in [-0.25, -0.2) is 0 Å². The molecule has 0 bridgehead atoms. The van der Waals surface area contributed by atoms with Crippen molar-refractivity contribution >= 4 is 17.6 Å². The van der Waals surface area contributed by atoms with Gasteiger partial charge in [0.2, 0.25) is 0 Å². The molecule has 0 aromatic heterocycles. The van der Waals surface area contributed by atoms with Crippen molar-refractivity contribution in [1.82, 2.24) is 0 Å². The van der Waals surface area contributed by atoms with Crippen LogP contribution in [0.5, 0.6) is 0 Å². The molecule has 72 valence electrons. The molecule has 0 radical (unpaired) electrons. The number of hydrogen-bond acceptors (Lipinski definition) is 1. The summed E-state index contributed by atoms with van der Waals surface area (Å²) in [6, 6.07) is 0. The summed E-state index contributed by atoms with van der Waals surface area (Å²) in [5.74, 6) is 0. The van der Waals surface area contributed by atoms with E-state index >= 15 is 0 Å². The lowest BCUT2D eigenvalue weighted by atomic mass is 11.6. The SMILES string of the molecule is COC.C[SiH2]C.C[Si](C)(C)C. The van der Waals surface area contributed by atoms with Crippen LogP contribution in [0.1, 0.15) is 0 Å². The van der Waals surface area contributed by atoms with E-state index in [1.165, 1.54) is 0 Å². The van der Waals surface area contributed by atoms with Crippen molar-refractivity contribution in [3.63, 3.8) is 0 Å². The van der Waals surface area contributed by atoms with Crippen molar-refractivity contribution in [3.8, 4) is 0 Å². The third-order valence-corrected chi connectivity index (χ3v) is 0. The van der Waals surface area contributed by atoms with Gasteiger partial charge in [-0.1, -0.05) is 39.3 Å². The molecule has 0 heterocycles. The van der Waals surface area contributed by atoms with E-state index in [4.69, 9.17) is 0 Å². The van der Waals surface area contributed by atoms with Gasteiger partial charge in [0.25, 0.3) is 0 Å². The van der Waals surface area contributed by atoms with E-state index in [9.17, 15) is 0 Å². The summed E-state index contributed by atoms with van der Waals surface area (Å²) in [5, 5.41) is 0. The van der Waals surface area contributed by atoms with Crippen LogP contribution in [0.15, 0.2) is 0 Å². The average molecular weight is 194 g/mol. The monoisotopic (exact) mass is 194 g/mol. The first-order valence-corrected chi connectivity index (χ1v) is 11.1. The Hall–Kier alpha value is 0.394. The third kappa shape index (κ3) is 4720. The molecule has 0 spiro atoms. The van der Waals surface area contributed by atoms with Crippen LogP contribution < -0.4 is 0 Å². The Morgan fingerprint density at radius 1 is 0.909 bits per heavy atom. The zero-order valence-corrected chi connectivity index (χ0v) is 12.0. The fraction of sp³-hybridized carbons (Fsp3) is 1.00. The van der Waals surface area contributed by atoms with Crippen LogP contribution in [-0.2, 0) is 4.74 Å². The smallest absolute Gasteiger partial charge is 0.0411 e. The van der Waals surface area contributed by atoms with Gasteiger partial charge in [-0.05, 0) is 0 Å². The molecule has 0 saturated heterocycles. The molecule has 0 aliphatic rings. The first-order chi connectivity index (χ1) is 4.83. The van der Waals surface area contributed by atoms with E-state index in [0.717, 1.165) is 0 Å². The predicted molar refractivity (Wildman–Crippen MR) is 62.4 cm³/mol. The molecular weight excluding hydrogens is 168 g/mol. The summed E-state index contributed by atoms with van der Waals surface area (Å²) in [6.07, 6.45) is 0. The maximum atomic E-state index is 4.25. The second kappa shape index (κ2) is 13.0. The van der Waals surface area contributed by atoms with E-state index in [-0.39, 0.29) is 0 Å². The lowest BCUT2D eigenvalue weighted by Crippen LogP contribution is -2.10. The minimum absolute atomic E-state index is 0.417. The largest absolute Gasteiger partial charge is 0.388 e. The molecule has 0 unspecified atom stereocenters. The summed E-state index contributed by atoms with van der Waals surface area (Å²) in [4.78, 5) is 0. The van der Waals surface area contributed by atoms with Crippen molar-refractivity contribution in [3.05, 3.63) is 0 Å². The predicted octanol–water partition coefficient (Wildman–Crippen LogP) is 2.47. The zero-order valence-electron chi connectivity index (χ0n) is 9.62. The van der Waals surface area contributed by atoms with Crippen LogP contribution >= 0.6 is 0 Å². The molecule has 0 saturated carbocycles. The van der Waals surface area contributed by atoms with Gasteiger partial charge in [0, 0.05) is 31.8 Å². The van der Waals surface area contributed by atoms with Gasteiger partial charge in [-0.2, -0.15) is 0 Å². The molecule has 0 aromatic carbocycles. The molecule has 0 rings (SSSR count). The Morgan fingerprint density at radius 3 is 0.909 bits per heavy atom. The van der Waals surface area contributed by atoms with Crippen LogP contribution in [0.2, 0.25) is 39.3 Å². The first kappa shape index (κ1) is 17.5. The fourth-order valence-electron chi connectivity index (χ4n) is 0. The fourth-order valence-corrected chi connectivity index (χ4v) is 0. The van der Waals surface area contributed by atoms with Crippen LogP contribution in [-0.4, -0.2) is 31.8 Å². The van der Waals surface area contributed by atoms with E-state index in [0.29, 0.717) is 9.52 Å². The Bertz CT molecular complexity index is 42.5. The van der Waals surface area contributed by atoms with Gasteiger partial charge in [0.1, 0.15) is 0 Å². The molecule has 0 aliphatic heterocycles. The summed E-state index contributed by atoms with van der Waals surface area (Å²) in [6.45, 7) is 13.8. The molecule has 11 heavy (non-hydrogen) atoms. The summed E-state index contributed by atoms with van der Waals surface area (Å²) >= 11 is 0. The van der Waals surface area contributed by atoms with Gasteiger partial charge in [0.15, 0.2) is 0 Å². The number of rotatable bonds is 0. The normalized spacial score (nSPS) is 8.73. The Balaban J connectivity index is -0.0000000933. The van der Waals surface area contributed by atoms with Gasteiger partial charge < -0.3 is 4.74 Å². The van der Waals surface area contributed by atoms with Crippen LogP contribution in [0.4, 0.5) is 0 Å². The van der Waals surface area contributed by atoms with Crippen LogP contribution in [0, 0.1) is 0 Å². The van der Waals surface area contributed by atoms with Crippen molar-refractivity contribution in [2.45, 2.75) is 39.3 Å². The van der Waals surface area contributed by atoms with E-state index in [1.54, 1.807) is 14.2 Å². The van der Waals surface area contributed by atoms with Gasteiger partial charge in [0.05, 0.1) is 0 Å². The van der Waals surface area contributed by atoms with Crippen LogP contribution in [0.3, 0.4) is 0 Å². The molecule has 0 aromatic rings. The van der Waals surface area contributed by atoms with Crippen molar-refractivity contribution < 1.29 is 4.74 Å². The highest BCUT2D eigenvalue weighted by atomic mass is 28.3. The van der Waals surface area contributed by atoms with E-state index < -0.39 is 8.07 Å². The number of hydrogen-bond donors (Lipinski definition) is 0. The minimum Gasteiger partial charge on any atom is -0.388 e. The number of methoxy groups -OCH3 is 1. The molecule has 0 amide bonds. The van der Waals surface area contributed by atoms with Crippen molar-refractivity contribution in [2.24, 2.45) is 0 Å². The Kier molecular flexibility index (Phi) is 20.7. The van der Waals surface area contributed by atoms with E-state index in [2.05, 4.69) is 44.0 Å². The third-order valence-electron chi connectivity index (χ3n) is 0. The highest BCUT2D eigenvalue weighted by Gasteiger charge is 1.99. The maximum absolute atomic E-state index is 4.25. The average Bonchev–Trinajstić information content (AvgIpc) is 1.62. The second-order valence-electron chi connectivity index (χ2n) is 4.12. The Morgan fingerprint density at radius 2 is 0.909 bits per heavy atom. The molecular formula is C8H26OSi2. The van der Waals surface area contributed by atoms with Crippen LogP contribution in [0.25, 0.3) is 0 Å². The summed E-state index contributed by atoms with van der Waals surface area (Å²) in [7, 11) is 3.06. The molecule has 1 nitrogen and oxygen atoms in total. The quantitative estimate of drug-likeness (QED) is 0.538. The molecule has 0 atom stereocenters. The topological polar surface area (TPSA) is 9.23 Å². The van der Waals surface area contributed by atoms with Gasteiger partial charge in [-0.15, -0.1) is 0 Å². The number of ether oxygens (including phenoxy) is 1. The molecule has 3 heteroatoms. The highest BCUT2D eigenvalue weighted by molar-refractivity contribution is 6.74. The molecule has 0 N–H and O–H groups in total. The standard InChI is InChI=1S/C4H12Si.C2H6O.C2H8Si/c1-5(2,3)4;2*1-3-2/h1-4H3;1-2H3;3H2,1-2H3. The second-order valence-corrected chi connectivity index (χ2v) is 11.5. The van der Waals surface area contributed by atoms with E-state index in [1.807, 2.05) is 0 Å². The van der Waals surface area contributed by atoms with Gasteiger partial charge >= 0.3 is 0 Å². The van der Waals surface area contributed by atoms with Gasteiger partial charge in [-0.3, -0.25) is 0 Å². The highest BCUT2D eigenvalue weighted by Crippen LogP contribution is 1.94. The lowest BCUT2D eigenvalue weighted by Gasteiger charge is -2.01. The first-order valence-electron chi connectivity index (χ1n) is 4.23. The van der Waals surface area contributed by atoms with Crippen molar-refractivity contribution in [1.29, 1.82) is 0 Å². The van der Waals surface area contributed by atoms with Crippen molar-refractivity contribution in [2.75, 3.05) is 14.2 Å².